The third-order valence-corrected chi connectivity index (χ3v) is 1.52. The van der Waals surface area contributed by atoms with Crippen LogP contribution in [0.2, 0.25) is 0 Å². The van der Waals surface area contributed by atoms with Crippen molar-refractivity contribution in [2.24, 2.45) is 0 Å². The van der Waals surface area contributed by atoms with Gasteiger partial charge in [-0.3, -0.25) is 0 Å². The van der Waals surface area contributed by atoms with E-state index in [1.807, 2.05) is 13.8 Å². The maximum atomic E-state index is 13.1. The van der Waals surface area contributed by atoms with Gasteiger partial charge in [-0.1, -0.05) is 0 Å². The van der Waals surface area contributed by atoms with Crippen molar-refractivity contribution in [2.45, 2.75) is 19.9 Å². The van der Waals surface area contributed by atoms with Gasteiger partial charge in [0, 0.05) is 6.04 Å². The number of rotatable bonds is 3. The molecule has 0 bridgehead atoms. The first-order chi connectivity index (χ1) is 6.50. The van der Waals surface area contributed by atoms with Crippen LogP contribution in [0.4, 0.5) is 10.1 Å². The van der Waals surface area contributed by atoms with Crippen molar-refractivity contribution in [2.75, 3.05) is 5.32 Å². The van der Waals surface area contributed by atoms with Gasteiger partial charge in [-0.15, -0.1) is 0 Å². The minimum atomic E-state index is -1.17. The molecule has 1 aromatic rings. The van der Waals surface area contributed by atoms with E-state index in [4.69, 9.17) is 5.11 Å². The highest BCUT2D eigenvalue weighted by Gasteiger charge is 2.10. The number of anilines is 1. The van der Waals surface area contributed by atoms with Gasteiger partial charge in [0.2, 0.25) is 0 Å². The van der Waals surface area contributed by atoms with Crippen LogP contribution in [0, 0.1) is 5.82 Å². The Hall–Kier alpha value is -1.65. The number of carboxylic acid groups (broad SMARTS) is 1. The van der Waals surface area contributed by atoms with Gasteiger partial charge in [-0.05, 0) is 19.9 Å². The molecule has 1 rings (SSSR count). The van der Waals surface area contributed by atoms with Crippen molar-refractivity contribution in [1.29, 1.82) is 0 Å². The molecule has 4 nitrogen and oxygen atoms in total. The predicted molar refractivity (Wildman–Crippen MR) is 49.9 cm³/mol. The van der Waals surface area contributed by atoms with Crippen molar-refractivity contribution in [3.05, 3.63) is 23.8 Å². The lowest BCUT2D eigenvalue weighted by Gasteiger charge is -2.10. The first-order valence-corrected chi connectivity index (χ1v) is 4.16. The molecule has 0 amide bonds. The van der Waals surface area contributed by atoms with Crippen molar-refractivity contribution in [3.8, 4) is 0 Å². The van der Waals surface area contributed by atoms with Crippen LogP contribution in [0.15, 0.2) is 12.3 Å². The molecule has 0 unspecified atom stereocenters. The molecule has 0 fully saturated rings. The van der Waals surface area contributed by atoms with Gasteiger partial charge in [-0.25, -0.2) is 14.2 Å². The molecule has 0 saturated heterocycles. The summed E-state index contributed by atoms with van der Waals surface area (Å²) in [5, 5.41) is 11.4. The van der Waals surface area contributed by atoms with Crippen molar-refractivity contribution in [3.63, 3.8) is 0 Å². The molecule has 1 aromatic heterocycles. The topological polar surface area (TPSA) is 62.2 Å². The van der Waals surface area contributed by atoms with Crippen LogP contribution in [0.25, 0.3) is 0 Å². The summed E-state index contributed by atoms with van der Waals surface area (Å²) < 4.78 is 13.1. The third kappa shape index (κ3) is 2.42. The van der Waals surface area contributed by atoms with Crippen LogP contribution >= 0.6 is 0 Å². The number of aromatic carboxylic acids is 1. The number of carboxylic acids is 1. The van der Waals surface area contributed by atoms with Crippen LogP contribution in [0.1, 0.15) is 24.3 Å². The predicted octanol–water partition coefficient (Wildman–Crippen LogP) is 1.74. The molecule has 0 spiro atoms. The van der Waals surface area contributed by atoms with Crippen LogP contribution in [-0.2, 0) is 0 Å². The number of pyridine rings is 1. The normalized spacial score (nSPS) is 10.3. The lowest BCUT2D eigenvalue weighted by molar-refractivity contribution is 0.0690. The number of hydrogen-bond donors (Lipinski definition) is 2. The Bertz CT molecular complexity index is 353. The largest absolute Gasteiger partial charge is 0.477 e. The van der Waals surface area contributed by atoms with Gasteiger partial charge < -0.3 is 10.4 Å². The van der Waals surface area contributed by atoms with E-state index in [0.717, 1.165) is 6.20 Å². The zero-order chi connectivity index (χ0) is 10.7. The molecular weight excluding hydrogens is 187 g/mol. The van der Waals surface area contributed by atoms with Gasteiger partial charge in [0.05, 0.1) is 11.9 Å². The molecule has 0 atom stereocenters. The monoisotopic (exact) mass is 198 g/mol. The quantitative estimate of drug-likeness (QED) is 0.776. The maximum Gasteiger partial charge on any atom is 0.354 e. The average molecular weight is 198 g/mol. The number of halogens is 1. The lowest BCUT2D eigenvalue weighted by Crippen LogP contribution is -2.12. The van der Waals surface area contributed by atoms with Crippen molar-refractivity contribution in [1.82, 2.24) is 4.98 Å². The van der Waals surface area contributed by atoms with Crippen LogP contribution in [0.3, 0.4) is 0 Å². The second-order valence-electron chi connectivity index (χ2n) is 3.15. The highest BCUT2D eigenvalue weighted by molar-refractivity contribution is 5.86. The molecule has 0 saturated carbocycles. The van der Waals surface area contributed by atoms with E-state index < -0.39 is 11.8 Å². The summed E-state index contributed by atoms with van der Waals surface area (Å²) >= 11 is 0. The summed E-state index contributed by atoms with van der Waals surface area (Å²) in [4.78, 5) is 14.0. The summed E-state index contributed by atoms with van der Waals surface area (Å²) in [6.45, 7) is 3.67. The van der Waals surface area contributed by atoms with E-state index in [1.54, 1.807) is 0 Å². The second kappa shape index (κ2) is 4.04. The molecule has 0 radical (unpaired) electrons. The second-order valence-corrected chi connectivity index (χ2v) is 3.15. The average Bonchev–Trinajstić information content (AvgIpc) is 2.07. The fourth-order valence-electron chi connectivity index (χ4n) is 0.977. The number of nitrogens with zero attached hydrogens (tertiary/aromatic N) is 1. The number of carbonyl (C=O) groups is 1. The number of aromatic nitrogens is 1. The van der Waals surface area contributed by atoms with Crippen LogP contribution in [0.5, 0.6) is 0 Å². The Morgan fingerprint density at radius 2 is 2.29 bits per heavy atom. The molecule has 1 heterocycles. The number of nitrogens with one attached hydrogen (secondary N) is 1. The Morgan fingerprint density at radius 1 is 1.64 bits per heavy atom. The fraction of sp³-hybridized carbons (Fsp3) is 0.333. The van der Waals surface area contributed by atoms with Gasteiger partial charge in [0.1, 0.15) is 5.69 Å². The summed E-state index contributed by atoms with van der Waals surface area (Å²) in [5.41, 5.74) is -0.0121. The molecular formula is C9H11FN2O2. The summed E-state index contributed by atoms with van der Waals surface area (Å²) in [6.07, 6.45) is 0.897. The molecule has 2 N–H and O–H groups in total. The van der Waals surface area contributed by atoms with E-state index in [-0.39, 0.29) is 17.4 Å². The van der Waals surface area contributed by atoms with E-state index >= 15 is 0 Å². The van der Waals surface area contributed by atoms with Gasteiger partial charge in [0.25, 0.3) is 0 Å². The Balaban J connectivity index is 3.02. The summed E-state index contributed by atoms with van der Waals surface area (Å²) in [5.74, 6) is -1.72. The first kappa shape index (κ1) is 10.4. The smallest absolute Gasteiger partial charge is 0.354 e. The lowest BCUT2D eigenvalue weighted by atomic mass is 10.3. The minimum absolute atomic E-state index is 0.0357. The van der Waals surface area contributed by atoms with Crippen LogP contribution in [-0.4, -0.2) is 22.1 Å². The zero-order valence-corrected chi connectivity index (χ0v) is 7.91. The Labute approximate surface area is 80.8 Å². The van der Waals surface area contributed by atoms with E-state index in [2.05, 4.69) is 10.3 Å². The van der Waals surface area contributed by atoms with Crippen molar-refractivity contribution < 1.29 is 14.3 Å². The number of hydrogen-bond acceptors (Lipinski definition) is 3. The maximum absolute atomic E-state index is 13.1. The van der Waals surface area contributed by atoms with E-state index in [9.17, 15) is 9.18 Å². The van der Waals surface area contributed by atoms with E-state index in [1.165, 1.54) is 6.07 Å². The molecule has 5 heteroatoms. The summed E-state index contributed by atoms with van der Waals surface area (Å²) in [7, 11) is 0. The highest BCUT2D eigenvalue weighted by Crippen LogP contribution is 2.14. The fourth-order valence-corrected chi connectivity index (χ4v) is 0.977. The molecule has 76 valence electrons. The van der Waals surface area contributed by atoms with Crippen LogP contribution < -0.4 is 5.32 Å². The Morgan fingerprint density at radius 3 is 2.79 bits per heavy atom. The standard InChI is InChI=1S/C9H11FN2O2/c1-5(2)12-7-3-8(9(13)14)11-4-6(7)10/h3-5H,1-2H3,(H,11,12)(H,13,14). The molecule has 14 heavy (non-hydrogen) atoms. The van der Waals surface area contributed by atoms with Crippen molar-refractivity contribution >= 4 is 11.7 Å². The molecule has 0 aromatic carbocycles. The third-order valence-electron chi connectivity index (χ3n) is 1.52. The molecule has 0 aliphatic heterocycles. The molecule has 0 aliphatic carbocycles. The first-order valence-electron chi connectivity index (χ1n) is 4.16. The van der Waals surface area contributed by atoms with E-state index in [0.29, 0.717) is 0 Å². The van der Waals surface area contributed by atoms with Gasteiger partial charge >= 0.3 is 5.97 Å². The van der Waals surface area contributed by atoms with Gasteiger partial charge in [0.15, 0.2) is 5.82 Å². The minimum Gasteiger partial charge on any atom is -0.477 e. The van der Waals surface area contributed by atoms with Gasteiger partial charge in [-0.2, -0.15) is 0 Å². The molecule has 0 aliphatic rings. The Kier molecular flexibility index (Phi) is 3.01. The highest BCUT2D eigenvalue weighted by atomic mass is 19.1. The zero-order valence-electron chi connectivity index (χ0n) is 7.91. The summed E-state index contributed by atoms with van der Waals surface area (Å²) in [6, 6.07) is 1.21. The SMILES string of the molecule is CC(C)Nc1cc(C(=O)O)ncc1F.